The highest BCUT2D eigenvalue weighted by Crippen LogP contribution is 2.48. The number of hydrogen-bond donors (Lipinski definition) is 0. The van der Waals surface area contributed by atoms with Gasteiger partial charge in [0.1, 0.15) is 11.4 Å². The van der Waals surface area contributed by atoms with Crippen molar-refractivity contribution in [3.63, 3.8) is 0 Å². The molecule has 0 N–H and O–H groups in total. The molecule has 1 atom stereocenters. The number of halogens is 1. The van der Waals surface area contributed by atoms with Gasteiger partial charge in [-0.05, 0) is 79.6 Å². The summed E-state index contributed by atoms with van der Waals surface area (Å²) in [7, 11) is 5.00. The molecule has 0 saturated heterocycles. The van der Waals surface area contributed by atoms with Crippen LogP contribution in [0, 0.1) is 11.3 Å². The topological polar surface area (TPSA) is 64.0 Å². The van der Waals surface area contributed by atoms with E-state index >= 15 is 0 Å². The molecule has 0 amide bonds. The second kappa shape index (κ2) is 15.8. The Bertz CT molecular complexity index is 1170. The van der Waals surface area contributed by atoms with Crippen molar-refractivity contribution in [2.75, 3.05) is 46.9 Å². The quantitative estimate of drug-likeness (QED) is 0.153. The number of fused-ring (bicyclic) bond motifs is 1. The SMILES string of the molecule is COc1ccc(C(C#N)(CCCCCN2CCc3cc(OC)c(OCCCl)cc3C2)SC2CCCCC2)cc1OC. The predicted molar refractivity (Wildman–Crippen MR) is 168 cm³/mol. The lowest BCUT2D eigenvalue weighted by molar-refractivity contribution is 0.245. The zero-order valence-corrected chi connectivity index (χ0v) is 26.5. The number of ether oxygens (including phenoxy) is 4. The summed E-state index contributed by atoms with van der Waals surface area (Å²) in [5.74, 6) is 3.39. The Morgan fingerprint density at radius 2 is 1.66 bits per heavy atom. The van der Waals surface area contributed by atoms with Crippen LogP contribution in [-0.4, -0.2) is 57.1 Å². The highest BCUT2D eigenvalue weighted by molar-refractivity contribution is 8.01. The van der Waals surface area contributed by atoms with Gasteiger partial charge in [0, 0.05) is 18.3 Å². The van der Waals surface area contributed by atoms with E-state index in [9.17, 15) is 5.26 Å². The summed E-state index contributed by atoms with van der Waals surface area (Å²) in [4.78, 5) is 2.53. The highest BCUT2D eigenvalue weighted by Gasteiger charge is 2.37. The number of rotatable bonds is 15. The van der Waals surface area contributed by atoms with Crippen LogP contribution in [0.5, 0.6) is 23.0 Å². The minimum absolute atomic E-state index is 0.449. The molecular formula is C33H45ClN2O4S. The lowest BCUT2D eigenvalue weighted by atomic mass is 9.92. The molecule has 41 heavy (non-hydrogen) atoms. The summed E-state index contributed by atoms with van der Waals surface area (Å²) in [6, 6.07) is 13.0. The number of nitriles is 1. The van der Waals surface area contributed by atoms with Crippen LogP contribution in [0.4, 0.5) is 0 Å². The fourth-order valence-corrected chi connectivity index (χ4v) is 7.89. The standard InChI is InChI=1S/C33H45ClN2O4S/c1-37-29-13-12-27(22-31(29)39-3)33(24-35,41-28-10-6-4-7-11-28)15-8-5-9-17-36-18-14-25-20-30(38-2)32(40-19-16-34)21-26(25)23-36/h12-13,20-22,28H,4-11,14-19,23H2,1-3H3. The molecule has 1 saturated carbocycles. The van der Waals surface area contributed by atoms with Crippen LogP contribution in [-0.2, 0) is 17.7 Å². The van der Waals surface area contributed by atoms with E-state index in [-0.39, 0.29) is 0 Å². The Labute approximate surface area is 255 Å². The molecular weight excluding hydrogens is 556 g/mol. The van der Waals surface area contributed by atoms with E-state index in [4.69, 9.17) is 30.5 Å². The summed E-state index contributed by atoms with van der Waals surface area (Å²) < 4.78 is 21.9. The van der Waals surface area contributed by atoms with E-state index in [1.54, 1.807) is 21.3 Å². The Hall–Kier alpha value is -2.27. The smallest absolute Gasteiger partial charge is 0.161 e. The van der Waals surface area contributed by atoms with Gasteiger partial charge in [-0.15, -0.1) is 23.4 Å². The molecule has 1 fully saturated rings. The van der Waals surface area contributed by atoms with Crippen molar-refractivity contribution in [1.82, 2.24) is 4.90 Å². The van der Waals surface area contributed by atoms with E-state index < -0.39 is 4.75 Å². The monoisotopic (exact) mass is 600 g/mol. The number of hydrogen-bond acceptors (Lipinski definition) is 7. The first kappa shape index (κ1) is 31.7. The third kappa shape index (κ3) is 8.18. The van der Waals surface area contributed by atoms with Crippen molar-refractivity contribution in [3.05, 3.63) is 47.0 Å². The summed E-state index contributed by atoms with van der Waals surface area (Å²) in [5.41, 5.74) is 3.68. The van der Waals surface area contributed by atoms with Crippen molar-refractivity contribution in [1.29, 1.82) is 5.26 Å². The number of thioether (sulfide) groups is 1. The van der Waals surface area contributed by atoms with E-state index in [0.717, 1.165) is 68.8 Å². The summed E-state index contributed by atoms with van der Waals surface area (Å²) in [5, 5.41) is 11.2. The number of unbranched alkanes of at least 4 members (excludes halogenated alkanes) is 2. The molecule has 0 bridgehead atoms. The predicted octanol–water partition coefficient (Wildman–Crippen LogP) is 7.73. The molecule has 1 unspecified atom stereocenters. The molecule has 6 nitrogen and oxygen atoms in total. The maximum atomic E-state index is 10.6. The lowest BCUT2D eigenvalue weighted by Gasteiger charge is -2.33. The third-order valence-electron chi connectivity index (χ3n) is 8.37. The number of alkyl halides is 1. The van der Waals surface area contributed by atoms with E-state index in [1.807, 2.05) is 23.9 Å². The van der Waals surface area contributed by atoms with Gasteiger partial charge in [0.2, 0.25) is 0 Å². The number of methoxy groups -OCH3 is 3. The van der Waals surface area contributed by atoms with Gasteiger partial charge in [0.25, 0.3) is 0 Å². The molecule has 1 aliphatic carbocycles. The molecule has 0 aromatic heterocycles. The Morgan fingerprint density at radius 1 is 0.927 bits per heavy atom. The van der Waals surface area contributed by atoms with Crippen LogP contribution in [0.15, 0.2) is 30.3 Å². The first-order valence-corrected chi connectivity index (χ1v) is 16.4. The molecule has 0 spiro atoms. The number of benzene rings is 2. The lowest BCUT2D eigenvalue weighted by Crippen LogP contribution is -2.31. The van der Waals surface area contributed by atoms with Crippen LogP contribution in [0.3, 0.4) is 0 Å². The van der Waals surface area contributed by atoms with Gasteiger partial charge in [-0.25, -0.2) is 0 Å². The van der Waals surface area contributed by atoms with Crippen molar-refractivity contribution < 1.29 is 18.9 Å². The first-order chi connectivity index (χ1) is 20.0. The molecule has 2 aliphatic rings. The highest BCUT2D eigenvalue weighted by atomic mass is 35.5. The first-order valence-electron chi connectivity index (χ1n) is 15.0. The minimum Gasteiger partial charge on any atom is -0.493 e. The van der Waals surface area contributed by atoms with Gasteiger partial charge in [0.05, 0.1) is 33.3 Å². The molecule has 1 heterocycles. The molecule has 0 radical (unpaired) electrons. The second-order valence-electron chi connectivity index (χ2n) is 11.0. The van der Waals surface area contributed by atoms with Crippen LogP contribution < -0.4 is 18.9 Å². The molecule has 1 aliphatic heterocycles. The second-order valence-corrected chi connectivity index (χ2v) is 13.0. The van der Waals surface area contributed by atoms with E-state index in [1.165, 1.54) is 43.2 Å². The van der Waals surface area contributed by atoms with E-state index in [2.05, 4.69) is 29.2 Å². The Morgan fingerprint density at radius 3 is 2.37 bits per heavy atom. The van der Waals surface area contributed by atoms with Gasteiger partial charge in [-0.2, -0.15) is 5.26 Å². The Kier molecular flexibility index (Phi) is 12.2. The maximum absolute atomic E-state index is 10.6. The third-order valence-corrected chi connectivity index (χ3v) is 10.3. The zero-order valence-electron chi connectivity index (χ0n) is 24.9. The van der Waals surface area contributed by atoms with Crippen LogP contribution in [0.2, 0.25) is 0 Å². The fourth-order valence-electron chi connectivity index (χ4n) is 6.09. The van der Waals surface area contributed by atoms with Crippen LogP contribution >= 0.6 is 23.4 Å². The van der Waals surface area contributed by atoms with Gasteiger partial charge in [-0.1, -0.05) is 38.2 Å². The zero-order chi connectivity index (χ0) is 29.1. The molecule has 2 aromatic rings. The van der Waals surface area contributed by atoms with Gasteiger partial charge < -0.3 is 18.9 Å². The summed E-state index contributed by atoms with van der Waals surface area (Å²) >= 11 is 7.73. The van der Waals surface area contributed by atoms with Gasteiger partial charge >= 0.3 is 0 Å². The van der Waals surface area contributed by atoms with Gasteiger partial charge in [0.15, 0.2) is 23.0 Å². The summed E-state index contributed by atoms with van der Waals surface area (Å²) in [6.45, 7) is 3.48. The molecule has 2 aromatic carbocycles. The maximum Gasteiger partial charge on any atom is 0.161 e. The van der Waals surface area contributed by atoms with E-state index in [0.29, 0.717) is 29.2 Å². The van der Waals surface area contributed by atoms with Crippen LogP contribution in [0.1, 0.15) is 74.5 Å². The van der Waals surface area contributed by atoms with Crippen molar-refractivity contribution >= 4 is 23.4 Å². The fraction of sp³-hybridized carbons (Fsp3) is 0.606. The summed E-state index contributed by atoms with van der Waals surface area (Å²) in [6.07, 6.45) is 11.3. The average molecular weight is 601 g/mol. The number of nitrogens with zero attached hydrogens (tertiary/aromatic N) is 2. The van der Waals surface area contributed by atoms with Crippen LogP contribution in [0.25, 0.3) is 0 Å². The van der Waals surface area contributed by atoms with Gasteiger partial charge in [-0.3, -0.25) is 4.90 Å². The van der Waals surface area contributed by atoms with Crippen molar-refractivity contribution in [2.45, 2.75) is 80.7 Å². The van der Waals surface area contributed by atoms with Crippen molar-refractivity contribution in [3.8, 4) is 29.1 Å². The molecule has 4 rings (SSSR count). The Balaban J connectivity index is 1.37. The largest absolute Gasteiger partial charge is 0.493 e. The minimum atomic E-state index is -0.579. The average Bonchev–Trinajstić information content (AvgIpc) is 3.02. The van der Waals surface area contributed by atoms with Crippen molar-refractivity contribution in [2.24, 2.45) is 0 Å². The molecule has 224 valence electrons. The normalized spacial score (nSPS) is 17.2. The molecule has 8 heteroatoms.